The second-order valence-corrected chi connectivity index (χ2v) is 6.75. The number of sulfonamides is 1. The summed E-state index contributed by atoms with van der Waals surface area (Å²) >= 11 is 0. The van der Waals surface area contributed by atoms with Crippen molar-refractivity contribution in [2.75, 3.05) is 18.0 Å². The molecule has 0 unspecified atom stereocenters. The Labute approximate surface area is 119 Å². The molecule has 0 saturated carbocycles. The largest absolute Gasteiger partial charge is 0.371 e. The third kappa shape index (κ3) is 2.39. The lowest BCUT2D eigenvalue weighted by atomic mass is 10.1. The van der Waals surface area contributed by atoms with Crippen LogP contribution in [0.1, 0.15) is 19.3 Å². The van der Waals surface area contributed by atoms with E-state index in [2.05, 4.69) is 4.90 Å². The number of hydrogen-bond donors (Lipinski definition) is 1. The molecule has 0 spiro atoms. The average molecular weight is 290 g/mol. The van der Waals surface area contributed by atoms with Crippen LogP contribution in [0.5, 0.6) is 0 Å². The van der Waals surface area contributed by atoms with Gasteiger partial charge in [0, 0.05) is 29.5 Å². The summed E-state index contributed by atoms with van der Waals surface area (Å²) in [6.45, 7) is 2.05. The lowest BCUT2D eigenvalue weighted by Gasteiger charge is -2.30. The van der Waals surface area contributed by atoms with Gasteiger partial charge in [0.15, 0.2) is 0 Å². The van der Waals surface area contributed by atoms with Crippen molar-refractivity contribution in [3.63, 3.8) is 0 Å². The van der Waals surface area contributed by atoms with E-state index in [1.165, 1.54) is 19.3 Å². The van der Waals surface area contributed by atoms with Crippen molar-refractivity contribution in [3.8, 4) is 0 Å². The fourth-order valence-corrected chi connectivity index (χ4v) is 3.66. The first kappa shape index (κ1) is 13.4. The van der Waals surface area contributed by atoms with Crippen LogP contribution in [0.2, 0.25) is 0 Å². The first-order valence-corrected chi connectivity index (χ1v) is 8.41. The van der Waals surface area contributed by atoms with E-state index in [1.54, 1.807) is 6.07 Å². The molecule has 1 fully saturated rings. The summed E-state index contributed by atoms with van der Waals surface area (Å²) in [6, 6.07) is 11.1. The van der Waals surface area contributed by atoms with Gasteiger partial charge < -0.3 is 4.90 Å². The van der Waals surface area contributed by atoms with E-state index in [0.29, 0.717) is 5.39 Å². The Morgan fingerprint density at radius 2 is 1.55 bits per heavy atom. The number of hydrogen-bond acceptors (Lipinski definition) is 3. The van der Waals surface area contributed by atoms with Crippen molar-refractivity contribution in [1.29, 1.82) is 0 Å². The number of piperidine rings is 1. The van der Waals surface area contributed by atoms with E-state index in [0.717, 1.165) is 24.2 Å². The Balaban J connectivity index is 2.21. The lowest BCUT2D eigenvalue weighted by Crippen LogP contribution is -2.29. The third-order valence-electron chi connectivity index (χ3n) is 3.86. The maximum atomic E-state index is 11.7. The molecule has 1 aliphatic rings. The van der Waals surface area contributed by atoms with E-state index in [-0.39, 0.29) is 4.90 Å². The summed E-state index contributed by atoms with van der Waals surface area (Å²) in [4.78, 5) is 2.53. The van der Waals surface area contributed by atoms with Crippen molar-refractivity contribution in [2.24, 2.45) is 5.14 Å². The second-order valence-electron chi connectivity index (χ2n) is 5.22. The minimum Gasteiger partial charge on any atom is -0.371 e. The maximum absolute atomic E-state index is 11.7. The Morgan fingerprint density at radius 1 is 0.900 bits per heavy atom. The number of benzene rings is 2. The quantitative estimate of drug-likeness (QED) is 0.924. The molecule has 1 aliphatic heterocycles. The molecule has 20 heavy (non-hydrogen) atoms. The van der Waals surface area contributed by atoms with Gasteiger partial charge >= 0.3 is 0 Å². The van der Waals surface area contributed by atoms with Crippen molar-refractivity contribution in [2.45, 2.75) is 24.2 Å². The highest BCUT2D eigenvalue weighted by molar-refractivity contribution is 7.89. The number of anilines is 1. The molecular weight excluding hydrogens is 272 g/mol. The number of nitrogens with zero attached hydrogens (tertiary/aromatic N) is 1. The molecule has 1 saturated heterocycles. The fourth-order valence-electron chi connectivity index (χ4n) is 2.91. The molecule has 0 atom stereocenters. The van der Waals surface area contributed by atoms with Crippen LogP contribution in [-0.4, -0.2) is 21.5 Å². The van der Waals surface area contributed by atoms with Gasteiger partial charge in [0.2, 0.25) is 10.0 Å². The predicted molar refractivity (Wildman–Crippen MR) is 81.4 cm³/mol. The normalized spacial score (nSPS) is 16.6. The summed E-state index contributed by atoms with van der Waals surface area (Å²) < 4.78 is 23.4. The Bertz CT molecular complexity index is 735. The van der Waals surface area contributed by atoms with Crippen LogP contribution in [0.3, 0.4) is 0 Å². The molecule has 3 rings (SSSR count). The summed E-state index contributed by atoms with van der Waals surface area (Å²) in [5.41, 5.74) is 1.10. The Kier molecular flexibility index (Phi) is 3.40. The molecule has 0 aromatic heterocycles. The lowest BCUT2D eigenvalue weighted by molar-refractivity contribution is 0.579. The van der Waals surface area contributed by atoms with E-state index in [9.17, 15) is 8.42 Å². The molecule has 106 valence electrons. The molecule has 1 heterocycles. The smallest absolute Gasteiger partial charge is 0.238 e. The van der Waals surface area contributed by atoms with E-state index < -0.39 is 10.0 Å². The van der Waals surface area contributed by atoms with Gasteiger partial charge in [0.1, 0.15) is 0 Å². The Morgan fingerprint density at radius 3 is 2.20 bits per heavy atom. The van der Waals surface area contributed by atoms with Crippen molar-refractivity contribution in [3.05, 3.63) is 36.4 Å². The van der Waals surface area contributed by atoms with Crippen LogP contribution in [0.15, 0.2) is 41.3 Å². The van der Waals surface area contributed by atoms with Crippen LogP contribution in [0, 0.1) is 0 Å². The zero-order valence-corrected chi connectivity index (χ0v) is 12.1. The van der Waals surface area contributed by atoms with Gasteiger partial charge in [-0.1, -0.05) is 24.3 Å². The number of fused-ring (bicyclic) bond motifs is 1. The highest BCUT2D eigenvalue weighted by Gasteiger charge is 2.18. The fraction of sp³-hybridized carbons (Fsp3) is 0.333. The zero-order chi connectivity index (χ0) is 14.2. The Hall–Kier alpha value is -1.59. The molecule has 0 amide bonds. The molecule has 2 aromatic carbocycles. The second kappa shape index (κ2) is 5.07. The highest BCUT2D eigenvalue weighted by Crippen LogP contribution is 2.32. The first-order chi connectivity index (χ1) is 9.57. The zero-order valence-electron chi connectivity index (χ0n) is 11.2. The number of nitrogens with two attached hydrogens (primary N) is 1. The van der Waals surface area contributed by atoms with Crippen molar-refractivity contribution in [1.82, 2.24) is 0 Å². The molecule has 0 bridgehead atoms. The average Bonchev–Trinajstić information content (AvgIpc) is 2.46. The molecule has 4 nitrogen and oxygen atoms in total. The van der Waals surface area contributed by atoms with Crippen molar-refractivity contribution < 1.29 is 8.42 Å². The maximum Gasteiger partial charge on any atom is 0.238 e. The molecule has 2 aromatic rings. The SMILES string of the molecule is NS(=O)(=O)c1ccc(N2CCCCC2)c2ccccc12. The van der Waals surface area contributed by atoms with Gasteiger partial charge in [-0.05, 0) is 31.4 Å². The molecule has 5 heteroatoms. The van der Waals surface area contributed by atoms with Crippen LogP contribution in [-0.2, 0) is 10.0 Å². The first-order valence-electron chi connectivity index (χ1n) is 6.87. The van der Waals surface area contributed by atoms with Gasteiger partial charge in [0.25, 0.3) is 0 Å². The minimum atomic E-state index is -3.70. The highest BCUT2D eigenvalue weighted by atomic mass is 32.2. The van der Waals surface area contributed by atoms with Crippen LogP contribution >= 0.6 is 0 Å². The number of primary sulfonamides is 1. The molecule has 0 radical (unpaired) electrons. The third-order valence-corrected chi connectivity index (χ3v) is 4.83. The monoisotopic (exact) mass is 290 g/mol. The summed E-state index contributed by atoms with van der Waals surface area (Å²) in [5.74, 6) is 0. The van der Waals surface area contributed by atoms with Crippen LogP contribution in [0.4, 0.5) is 5.69 Å². The van der Waals surface area contributed by atoms with Gasteiger partial charge in [0.05, 0.1) is 4.90 Å². The van der Waals surface area contributed by atoms with Crippen LogP contribution < -0.4 is 10.0 Å². The number of rotatable bonds is 2. The van der Waals surface area contributed by atoms with E-state index >= 15 is 0 Å². The molecule has 0 aliphatic carbocycles. The predicted octanol–water partition coefficient (Wildman–Crippen LogP) is 2.48. The molecular formula is C15H18N2O2S. The topological polar surface area (TPSA) is 63.4 Å². The standard InChI is InChI=1S/C15H18N2O2S/c16-20(18,19)15-9-8-14(17-10-4-1-5-11-17)12-6-2-3-7-13(12)15/h2-3,6-9H,1,4-5,10-11H2,(H2,16,18,19). The van der Waals surface area contributed by atoms with Gasteiger partial charge in [-0.15, -0.1) is 0 Å². The van der Waals surface area contributed by atoms with Gasteiger partial charge in [-0.3, -0.25) is 0 Å². The van der Waals surface area contributed by atoms with Crippen molar-refractivity contribution >= 4 is 26.5 Å². The summed E-state index contributed by atoms with van der Waals surface area (Å²) in [7, 11) is -3.70. The van der Waals surface area contributed by atoms with Crippen LogP contribution in [0.25, 0.3) is 10.8 Å². The van der Waals surface area contributed by atoms with E-state index in [4.69, 9.17) is 5.14 Å². The summed E-state index contributed by atoms with van der Waals surface area (Å²) in [6.07, 6.45) is 3.64. The van der Waals surface area contributed by atoms with Gasteiger partial charge in [-0.25, -0.2) is 13.6 Å². The van der Waals surface area contributed by atoms with Gasteiger partial charge in [-0.2, -0.15) is 0 Å². The van der Waals surface area contributed by atoms with E-state index in [1.807, 2.05) is 30.3 Å². The minimum absolute atomic E-state index is 0.203. The molecule has 2 N–H and O–H groups in total. The summed E-state index contributed by atoms with van der Waals surface area (Å²) in [5, 5.41) is 6.98.